The van der Waals surface area contributed by atoms with Crippen LogP contribution in [0.3, 0.4) is 0 Å². The van der Waals surface area contributed by atoms with Crippen LogP contribution in [0.25, 0.3) is 0 Å². The van der Waals surface area contributed by atoms with Crippen LogP contribution in [0.5, 0.6) is 0 Å². The number of likely N-dealkylation sites (N-methyl/N-ethyl adjacent to an activating group) is 4. The van der Waals surface area contributed by atoms with Gasteiger partial charge in [0, 0.05) is 55.4 Å². The number of rotatable bonds is 9. The van der Waals surface area contributed by atoms with Gasteiger partial charge in [0.1, 0.15) is 5.69 Å². The Labute approximate surface area is 228 Å². The Balaban J connectivity index is 0.000000586. The molecule has 0 aliphatic heterocycles. The first-order valence-electron chi connectivity index (χ1n) is 11.3. The summed E-state index contributed by atoms with van der Waals surface area (Å²) in [7, 11) is 11.9. The zero-order valence-electron chi connectivity index (χ0n) is 22.6. The molecular weight excluding hydrogens is 526 g/mol. The number of nitro benzene ring substituents is 2. The number of nitrogens with zero attached hydrogens (tertiary/aromatic N) is 5. The first kappa shape index (κ1) is 34.4. The first-order valence-corrected chi connectivity index (χ1v) is 12.1. The van der Waals surface area contributed by atoms with Gasteiger partial charge in [0.05, 0.1) is 9.85 Å². The van der Waals surface area contributed by atoms with Gasteiger partial charge in [-0.25, -0.2) is 0 Å². The monoisotopic (exact) mass is 562 g/mol. The van der Waals surface area contributed by atoms with Crippen molar-refractivity contribution in [2.24, 2.45) is 0 Å². The molecule has 208 valence electrons. The van der Waals surface area contributed by atoms with Gasteiger partial charge in [0.25, 0.3) is 5.69 Å². The Morgan fingerprint density at radius 1 is 0.811 bits per heavy atom. The molecule has 0 unspecified atom stereocenters. The molecule has 1 N–H and O–H groups in total. The van der Waals surface area contributed by atoms with E-state index >= 15 is 0 Å². The van der Waals surface area contributed by atoms with E-state index in [1.54, 1.807) is 19.9 Å². The summed E-state index contributed by atoms with van der Waals surface area (Å²) >= 11 is 11.6. The van der Waals surface area contributed by atoms with E-state index in [0.29, 0.717) is 28.4 Å². The summed E-state index contributed by atoms with van der Waals surface area (Å²) in [5.41, 5.74) is 1.31. The van der Waals surface area contributed by atoms with Crippen molar-refractivity contribution in [3.8, 4) is 0 Å². The van der Waals surface area contributed by atoms with Crippen LogP contribution >= 0.6 is 23.2 Å². The Morgan fingerprint density at radius 3 is 1.68 bits per heavy atom. The minimum Gasteiger partial charge on any atom is -0.368 e. The van der Waals surface area contributed by atoms with E-state index in [2.05, 4.69) is 24.3 Å². The van der Waals surface area contributed by atoms with Crippen molar-refractivity contribution >= 4 is 40.3 Å². The third-order valence-corrected chi connectivity index (χ3v) is 5.79. The highest BCUT2D eigenvalue weighted by Crippen LogP contribution is 2.33. The number of anilines is 1. The van der Waals surface area contributed by atoms with Crippen LogP contribution in [-0.2, 0) is 0 Å². The van der Waals surface area contributed by atoms with Crippen LogP contribution in [0.1, 0.15) is 11.1 Å². The molecular formula is C24H37Cl2FN6O4. The van der Waals surface area contributed by atoms with Crippen LogP contribution in [0.15, 0.2) is 24.3 Å². The fraction of sp³-hybridized carbons (Fsp3) is 0.500. The summed E-state index contributed by atoms with van der Waals surface area (Å²) in [6, 6.07) is 5.22. The van der Waals surface area contributed by atoms with E-state index in [0.717, 1.165) is 31.8 Å². The predicted molar refractivity (Wildman–Crippen MR) is 150 cm³/mol. The molecule has 13 heteroatoms. The lowest BCUT2D eigenvalue weighted by Gasteiger charge is -2.21. The van der Waals surface area contributed by atoms with Crippen LogP contribution in [0.2, 0.25) is 10.0 Å². The van der Waals surface area contributed by atoms with Gasteiger partial charge in [0.15, 0.2) is 0 Å². The molecule has 0 aromatic heterocycles. The minimum absolute atomic E-state index is 0.0955. The van der Waals surface area contributed by atoms with Gasteiger partial charge in [-0.1, -0.05) is 23.2 Å². The maximum Gasteiger partial charge on any atom is 0.305 e. The largest absolute Gasteiger partial charge is 0.368 e. The van der Waals surface area contributed by atoms with E-state index in [4.69, 9.17) is 23.2 Å². The summed E-state index contributed by atoms with van der Waals surface area (Å²) in [6.45, 7) is 7.06. The third kappa shape index (κ3) is 13.0. The molecule has 0 spiro atoms. The van der Waals surface area contributed by atoms with Crippen LogP contribution in [-0.4, -0.2) is 88.1 Å². The van der Waals surface area contributed by atoms with E-state index in [9.17, 15) is 24.6 Å². The predicted octanol–water partition coefficient (Wildman–Crippen LogP) is 5.02. The number of hydrogen-bond acceptors (Lipinski definition) is 8. The second kappa shape index (κ2) is 17.0. The van der Waals surface area contributed by atoms with Crippen molar-refractivity contribution in [1.29, 1.82) is 0 Å². The Hall–Kier alpha value is -2.57. The highest BCUT2D eigenvalue weighted by Gasteiger charge is 2.19. The van der Waals surface area contributed by atoms with Crippen molar-refractivity contribution < 1.29 is 14.2 Å². The van der Waals surface area contributed by atoms with Gasteiger partial charge < -0.3 is 20.0 Å². The van der Waals surface area contributed by atoms with Gasteiger partial charge in [-0.2, -0.15) is 4.39 Å². The lowest BCUT2D eigenvalue weighted by atomic mass is 10.2. The smallest absolute Gasteiger partial charge is 0.305 e. The lowest BCUT2D eigenvalue weighted by Crippen LogP contribution is -2.28. The molecule has 2 aromatic carbocycles. The molecule has 0 aliphatic carbocycles. The lowest BCUT2D eigenvalue weighted by molar-refractivity contribution is -0.387. The Kier molecular flexibility index (Phi) is 15.9. The van der Waals surface area contributed by atoms with E-state index < -0.39 is 16.4 Å². The molecule has 0 aliphatic rings. The molecule has 0 atom stereocenters. The molecule has 0 bridgehead atoms. The molecule has 0 heterocycles. The van der Waals surface area contributed by atoms with Gasteiger partial charge >= 0.3 is 5.69 Å². The van der Waals surface area contributed by atoms with Crippen molar-refractivity contribution in [1.82, 2.24) is 15.1 Å². The number of aryl methyl sites for hydroxylation is 2. The van der Waals surface area contributed by atoms with Gasteiger partial charge in [-0.05, 0) is 72.3 Å². The van der Waals surface area contributed by atoms with Gasteiger partial charge in [-0.15, -0.1) is 0 Å². The molecule has 10 nitrogen and oxygen atoms in total. The van der Waals surface area contributed by atoms with Crippen molar-refractivity contribution in [2.45, 2.75) is 13.8 Å². The first-order chi connectivity index (χ1) is 17.1. The fourth-order valence-electron chi connectivity index (χ4n) is 2.70. The second-order valence-corrected chi connectivity index (χ2v) is 9.60. The van der Waals surface area contributed by atoms with E-state index in [1.165, 1.54) is 6.07 Å². The topological polar surface area (TPSA) is 108 Å². The normalized spacial score (nSPS) is 10.4. The van der Waals surface area contributed by atoms with Crippen LogP contribution < -0.4 is 10.2 Å². The molecule has 0 saturated carbocycles. The maximum absolute atomic E-state index is 12.8. The Bertz CT molecular complexity index is 1040. The summed E-state index contributed by atoms with van der Waals surface area (Å²) in [6.07, 6.45) is 0. The number of nitrogens with one attached hydrogen (secondary N) is 1. The number of nitro groups is 2. The molecule has 37 heavy (non-hydrogen) atoms. The molecule has 2 rings (SSSR count). The average molecular weight is 564 g/mol. The zero-order chi connectivity index (χ0) is 28.9. The van der Waals surface area contributed by atoms with Crippen molar-refractivity contribution in [3.05, 3.63) is 71.5 Å². The quantitative estimate of drug-likeness (QED) is 0.335. The summed E-state index contributed by atoms with van der Waals surface area (Å²) in [5.74, 6) is -0.907. The summed E-state index contributed by atoms with van der Waals surface area (Å²) in [4.78, 5) is 26.1. The van der Waals surface area contributed by atoms with E-state index in [-0.39, 0.29) is 15.6 Å². The summed E-state index contributed by atoms with van der Waals surface area (Å²) < 4.78 is 12.8. The average Bonchev–Trinajstić information content (AvgIpc) is 2.80. The molecule has 0 amide bonds. The van der Waals surface area contributed by atoms with Gasteiger partial charge in [-0.3, -0.25) is 20.2 Å². The standard InChI is InChI=1S/C12H18ClN3O2.C7H5ClFNO2.C5H14N2/c1-9-7-12(16(17)18)11(8-10(9)13)15(4)6-5-14(2)3;1-4-2-7(10(11)12)6(9)3-5(4)8;1-6-4-5-7(2)3/h7-8H,5-6H2,1-4H3;2-3H,1H3;6H,4-5H2,1-3H3. The molecule has 0 saturated heterocycles. The third-order valence-electron chi connectivity index (χ3n) is 4.98. The van der Waals surface area contributed by atoms with Crippen LogP contribution in [0.4, 0.5) is 21.5 Å². The van der Waals surface area contributed by atoms with Crippen molar-refractivity contribution in [2.75, 3.05) is 73.4 Å². The number of benzene rings is 2. The van der Waals surface area contributed by atoms with Crippen molar-refractivity contribution in [3.63, 3.8) is 0 Å². The minimum atomic E-state index is -0.907. The number of halogens is 3. The highest BCUT2D eigenvalue weighted by molar-refractivity contribution is 6.32. The van der Waals surface area contributed by atoms with E-state index in [1.807, 2.05) is 38.0 Å². The Morgan fingerprint density at radius 2 is 1.27 bits per heavy atom. The molecule has 0 radical (unpaired) electrons. The highest BCUT2D eigenvalue weighted by atomic mass is 35.5. The molecule has 0 fully saturated rings. The van der Waals surface area contributed by atoms with Gasteiger partial charge in [0.2, 0.25) is 5.82 Å². The second-order valence-electron chi connectivity index (χ2n) is 8.79. The maximum atomic E-state index is 12.8. The number of hydrogen-bond donors (Lipinski definition) is 1. The molecule has 2 aromatic rings. The fourth-order valence-corrected chi connectivity index (χ4v) is 3.00. The summed E-state index contributed by atoms with van der Waals surface area (Å²) in [5, 5.41) is 25.1. The zero-order valence-corrected chi connectivity index (χ0v) is 24.2. The SMILES string of the molecule is CNCCN(C)C.Cc1cc([N+](=O)[O-])c(F)cc1Cl.Cc1cc([N+](=O)[O-])c(N(C)CCN(C)C)cc1Cl. The van der Waals surface area contributed by atoms with Crippen LogP contribution in [0, 0.1) is 39.9 Å².